The molecule has 0 radical (unpaired) electrons. The van der Waals surface area contributed by atoms with Crippen LogP contribution in [0, 0.1) is 12.7 Å². The van der Waals surface area contributed by atoms with Gasteiger partial charge in [-0.2, -0.15) is 5.10 Å². The second kappa shape index (κ2) is 6.55. The summed E-state index contributed by atoms with van der Waals surface area (Å²) in [5.41, 5.74) is 3.30. The minimum absolute atomic E-state index is 0.306. The number of benzene rings is 2. The first-order chi connectivity index (χ1) is 12.6. The highest BCUT2D eigenvalue weighted by Crippen LogP contribution is 2.28. The Morgan fingerprint density at radius 3 is 2.62 bits per heavy atom. The van der Waals surface area contributed by atoms with Gasteiger partial charge in [0.2, 0.25) is 0 Å². The average molecular weight is 347 g/mol. The molecule has 6 heteroatoms. The molecule has 4 aromatic rings. The van der Waals surface area contributed by atoms with Crippen molar-refractivity contribution < 1.29 is 4.39 Å². The summed E-state index contributed by atoms with van der Waals surface area (Å²) in [6.07, 6.45) is 1.52. The van der Waals surface area contributed by atoms with E-state index in [0.29, 0.717) is 11.3 Å². The van der Waals surface area contributed by atoms with Gasteiger partial charge in [-0.1, -0.05) is 36.4 Å². The zero-order chi connectivity index (χ0) is 18.1. The number of hydrogen-bond donors (Lipinski definition) is 0. The number of aromatic nitrogens is 4. The molecule has 0 spiro atoms. The Morgan fingerprint density at radius 1 is 1.04 bits per heavy atom. The number of nitrogens with zero attached hydrogens (tertiary/aromatic N) is 5. The fourth-order valence-corrected chi connectivity index (χ4v) is 3.11. The first kappa shape index (κ1) is 16.2. The molecule has 0 aliphatic carbocycles. The van der Waals surface area contributed by atoms with Crippen molar-refractivity contribution in [3.05, 3.63) is 78.0 Å². The smallest absolute Gasteiger partial charge is 0.168 e. The summed E-state index contributed by atoms with van der Waals surface area (Å²) in [4.78, 5) is 10.9. The first-order valence-electron chi connectivity index (χ1n) is 8.35. The van der Waals surface area contributed by atoms with Gasteiger partial charge >= 0.3 is 0 Å². The maximum Gasteiger partial charge on any atom is 0.168 e. The lowest BCUT2D eigenvalue weighted by Gasteiger charge is -2.19. The third-order valence-electron chi connectivity index (χ3n) is 4.30. The van der Waals surface area contributed by atoms with Crippen molar-refractivity contribution in [2.75, 3.05) is 11.9 Å². The van der Waals surface area contributed by atoms with E-state index in [1.807, 2.05) is 38.2 Å². The van der Waals surface area contributed by atoms with Crippen LogP contribution in [0.15, 0.2) is 60.9 Å². The molecular formula is C20H18FN5. The standard InChI is InChI=1S/C20H18FN5/c1-14-18-19(25(2)12-15-7-4-3-5-8-15)22-13-23-20(18)26(24-14)17-10-6-9-16(21)11-17/h3-11,13H,12H2,1-2H3. The summed E-state index contributed by atoms with van der Waals surface area (Å²) in [7, 11) is 1.99. The number of rotatable bonds is 4. The van der Waals surface area contributed by atoms with Gasteiger partial charge < -0.3 is 4.90 Å². The fourth-order valence-electron chi connectivity index (χ4n) is 3.11. The van der Waals surface area contributed by atoms with Crippen molar-refractivity contribution in [1.29, 1.82) is 0 Å². The Hall–Kier alpha value is -3.28. The number of aryl methyl sites for hydroxylation is 1. The number of fused-ring (bicyclic) bond motifs is 1. The molecule has 4 rings (SSSR count). The van der Waals surface area contributed by atoms with Crippen LogP contribution in [0.4, 0.5) is 10.2 Å². The van der Waals surface area contributed by atoms with Gasteiger partial charge in [-0.3, -0.25) is 0 Å². The molecule has 2 aromatic carbocycles. The van der Waals surface area contributed by atoms with E-state index < -0.39 is 0 Å². The van der Waals surface area contributed by atoms with E-state index in [4.69, 9.17) is 0 Å². The quantitative estimate of drug-likeness (QED) is 0.562. The van der Waals surface area contributed by atoms with E-state index in [1.54, 1.807) is 10.7 Å². The molecule has 0 bridgehead atoms. The second-order valence-corrected chi connectivity index (χ2v) is 6.21. The van der Waals surface area contributed by atoms with Crippen LogP contribution in [0.1, 0.15) is 11.3 Å². The maximum absolute atomic E-state index is 13.6. The van der Waals surface area contributed by atoms with Gasteiger partial charge in [-0.25, -0.2) is 19.0 Å². The van der Waals surface area contributed by atoms with Gasteiger partial charge in [0.1, 0.15) is 18.0 Å². The SMILES string of the molecule is Cc1nn(-c2cccc(F)c2)c2ncnc(N(C)Cc3ccccc3)c12. The Morgan fingerprint density at radius 2 is 1.85 bits per heavy atom. The molecule has 0 amide bonds. The van der Waals surface area contributed by atoms with Crippen molar-refractivity contribution in [3.63, 3.8) is 0 Å². The number of hydrogen-bond acceptors (Lipinski definition) is 4. The topological polar surface area (TPSA) is 46.8 Å². The van der Waals surface area contributed by atoms with Crippen molar-refractivity contribution in [1.82, 2.24) is 19.7 Å². The molecule has 0 saturated heterocycles. The molecule has 0 aliphatic heterocycles. The first-order valence-corrected chi connectivity index (χ1v) is 8.35. The molecule has 0 fully saturated rings. The monoisotopic (exact) mass is 347 g/mol. The van der Waals surface area contributed by atoms with Crippen molar-refractivity contribution in [3.8, 4) is 5.69 Å². The van der Waals surface area contributed by atoms with Crippen molar-refractivity contribution in [2.45, 2.75) is 13.5 Å². The summed E-state index contributed by atoms with van der Waals surface area (Å²) in [6, 6.07) is 16.5. The lowest BCUT2D eigenvalue weighted by atomic mass is 10.2. The maximum atomic E-state index is 13.6. The van der Waals surface area contributed by atoms with Crippen LogP contribution in [-0.4, -0.2) is 26.8 Å². The molecule has 2 heterocycles. The van der Waals surface area contributed by atoms with Crippen LogP contribution in [0.3, 0.4) is 0 Å². The second-order valence-electron chi connectivity index (χ2n) is 6.21. The summed E-state index contributed by atoms with van der Waals surface area (Å²) < 4.78 is 15.3. The molecule has 130 valence electrons. The third-order valence-corrected chi connectivity index (χ3v) is 4.30. The molecule has 0 saturated carbocycles. The summed E-state index contributed by atoms with van der Waals surface area (Å²) in [5.74, 6) is 0.498. The molecule has 26 heavy (non-hydrogen) atoms. The van der Waals surface area contributed by atoms with E-state index in [9.17, 15) is 4.39 Å². The van der Waals surface area contributed by atoms with E-state index in [0.717, 1.165) is 23.4 Å². The van der Waals surface area contributed by atoms with Gasteiger partial charge in [-0.05, 0) is 30.7 Å². The Balaban J connectivity index is 1.80. The van der Waals surface area contributed by atoms with Gasteiger partial charge in [0.25, 0.3) is 0 Å². The zero-order valence-corrected chi connectivity index (χ0v) is 14.6. The van der Waals surface area contributed by atoms with E-state index >= 15 is 0 Å². The predicted octanol–water partition coefficient (Wildman–Crippen LogP) is 3.90. The summed E-state index contributed by atoms with van der Waals surface area (Å²) in [6.45, 7) is 2.64. The van der Waals surface area contributed by atoms with Gasteiger partial charge in [0.15, 0.2) is 5.65 Å². The van der Waals surface area contributed by atoms with E-state index in [-0.39, 0.29) is 5.82 Å². The van der Waals surface area contributed by atoms with Crippen LogP contribution in [0.5, 0.6) is 0 Å². The van der Waals surface area contributed by atoms with Crippen LogP contribution >= 0.6 is 0 Å². The highest BCUT2D eigenvalue weighted by Gasteiger charge is 2.18. The Labute approximate surface area is 150 Å². The zero-order valence-electron chi connectivity index (χ0n) is 14.6. The van der Waals surface area contributed by atoms with E-state index in [1.165, 1.54) is 24.0 Å². The minimum atomic E-state index is -0.306. The fraction of sp³-hybridized carbons (Fsp3) is 0.150. The molecule has 5 nitrogen and oxygen atoms in total. The number of halogens is 1. The molecule has 0 atom stereocenters. The molecule has 0 unspecified atom stereocenters. The molecule has 0 N–H and O–H groups in total. The highest BCUT2D eigenvalue weighted by atomic mass is 19.1. The summed E-state index contributed by atoms with van der Waals surface area (Å²) >= 11 is 0. The Bertz CT molecular complexity index is 1060. The lowest BCUT2D eigenvalue weighted by Crippen LogP contribution is -2.18. The van der Waals surface area contributed by atoms with Crippen molar-refractivity contribution >= 4 is 16.9 Å². The normalized spacial score (nSPS) is 11.0. The van der Waals surface area contributed by atoms with Gasteiger partial charge in [-0.15, -0.1) is 0 Å². The molecular weight excluding hydrogens is 329 g/mol. The molecule has 2 aromatic heterocycles. The largest absolute Gasteiger partial charge is 0.355 e. The van der Waals surface area contributed by atoms with Crippen LogP contribution in [-0.2, 0) is 6.54 Å². The van der Waals surface area contributed by atoms with Crippen LogP contribution in [0.25, 0.3) is 16.7 Å². The minimum Gasteiger partial charge on any atom is -0.355 e. The van der Waals surface area contributed by atoms with Crippen LogP contribution < -0.4 is 4.90 Å². The van der Waals surface area contributed by atoms with Crippen LogP contribution in [0.2, 0.25) is 0 Å². The van der Waals surface area contributed by atoms with Crippen molar-refractivity contribution in [2.24, 2.45) is 0 Å². The number of anilines is 1. The lowest BCUT2D eigenvalue weighted by molar-refractivity contribution is 0.625. The summed E-state index contributed by atoms with van der Waals surface area (Å²) in [5, 5.41) is 5.44. The Kier molecular flexibility index (Phi) is 4.08. The van der Waals surface area contributed by atoms with E-state index in [2.05, 4.69) is 32.1 Å². The average Bonchev–Trinajstić information content (AvgIpc) is 3.00. The predicted molar refractivity (Wildman–Crippen MR) is 99.9 cm³/mol. The highest BCUT2D eigenvalue weighted by molar-refractivity contribution is 5.90. The molecule has 0 aliphatic rings. The third kappa shape index (κ3) is 2.90. The van der Waals surface area contributed by atoms with Gasteiger partial charge in [0, 0.05) is 13.6 Å². The van der Waals surface area contributed by atoms with Gasteiger partial charge in [0.05, 0.1) is 16.8 Å².